The van der Waals surface area contributed by atoms with Crippen molar-refractivity contribution >= 4 is 12.3 Å². The topological polar surface area (TPSA) is 71.1 Å². The van der Waals surface area contributed by atoms with Gasteiger partial charge >= 0.3 is 12.3 Å². The number of hydrogen-bond donors (Lipinski definition) is 0. The van der Waals surface area contributed by atoms with Crippen LogP contribution in [0.15, 0.2) is 0 Å². The number of hydrogen-bond acceptors (Lipinski definition) is 6. The molecule has 0 atom stereocenters. The van der Waals surface area contributed by atoms with Gasteiger partial charge in [-0.15, -0.1) is 0 Å². The summed E-state index contributed by atoms with van der Waals surface area (Å²) in [5, 5.41) is 0. The quantitative estimate of drug-likeness (QED) is 0.249. The molecule has 0 spiro atoms. The van der Waals surface area contributed by atoms with E-state index in [2.05, 4.69) is 23.6 Å². The maximum atomic E-state index is 12.2. The van der Waals surface area contributed by atoms with Gasteiger partial charge in [0, 0.05) is 0 Å². The van der Waals surface area contributed by atoms with E-state index in [0.29, 0.717) is 0 Å². The monoisotopic (exact) mass is 398 g/mol. The van der Waals surface area contributed by atoms with E-state index < -0.39 is 23.5 Å². The first-order valence-corrected chi connectivity index (χ1v) is 11.3. The zero-order chi connectivity index (χ0) is 20.3. The van der Waals surface area contributed by atoms with Crippen LogP contribution in [0.2, 0.25) is 0 Å². The van der Waals surface area contributed by atoms with Crippen LogP contribution in [0.25, 0.3) is 0 Å². The highest BCUT2D eigenvalue weighted by molar-refractivity contribution is 5.64. The Balaban J connectivity index is 1.82. The van der Waals surface area contributed by atoms with E-state index in [-0.39, 0.29) is 0 Å². The predicted molar refractivity (Wildman–Crippen MR) is 106 cm³/mol. The van der Waals surface area contributed by atoms with Crippen LogP contribution in [-0.2, 0) is 19.2 Å². The summed E-state index contributed by atoms with van der Waals surface area (Å²) in [6.45, 7) is 4.24. The van der Waals surface area contributed by atoms with Gasteiger partial charge in [0.2, 0.25) is 0 Å². The number of carbonyl (C=O) groups is 2. The van der Waals surface area contributed by atoms with Crippen molar-refractivity contribution in [1.82, 2.24) is 0 Å². The molecule has 0 aromatic heterocycles. The van der Waals surface area contributed by atoms with Crippen molar-refractivity contribution in [2.45, 2.75) is 128 Å². The summed E-state index contributed by atoms with van der Waals surface area (Å²) in [4.78, 5) is 33.6. The van der Waals surface area contributed by atoms with E-state index in [0.717, 1.165) is 103 Å². The Morgan fingerprint density at radius 3 is 1.32 bits per heavy atom. The van der Waals surface area contributed by atoms with E-state index in [1.165, 1.54) is 0 Å². The fourth-order valence-corrected chi connectivity index (χ4v) is 4.65. The van der Waals surface area contributed by atoms with Crippen LogP contribution in [0.4, 0.5) is 9.59 Å². The Bertz CT molecular complexity index is 433. The number of carbonyl (C=O) groups excluding carboxylic acids is 2. The molecule has 0 N–H and O–H groups in total. The molecular formula is C22H38O6. The molecule has 0 aromatic rings. The highest BCUT2D eigenvalue weighted by Gasteiger charge is 2.38. The van der Waals surface area contributed by atoms with Gasteiger partial charge in [-0.25, -0.2) is 0 Å². The van der Waals surface area contributed by atoms with Crippen LogP contribution in [0, 0.1) is 0 Å². The first-order chi connectivity index (χ1) is 13.5. The fourth-order valence-electron chi connectivity index (χ4n) is 4.65. The molecule has 2 fully saturated rings. The van der Waals surface area contributed by atoms with E-state index in [1.807, 2.05) is 0 Å². The van der Waals surface area contributed by atoms with Gasteiger partial charge < -0.3 is 9.47 Å². The SMILES string of the molecule is CCCCC1(OC(=O)OOC(=O)OC2(CCCC)CCCCC2)CCCCC1. The lowest BCUT2D eigenvalue weighted by Gasteiger charge is -2.36. The van der Waals surface area contributed by atoms with E-state index in [1.54, 1.807) is 0 Å². The molecule has 2 saturated carbocycles. The minimum absolute atomic E-state index is 0.482. The molecular weight excluding hydrogens is 360 g/mol. The van der Waals surface area contributed by atoms with E-state index in [4.69, 9.17) is 9.47 Å². The Hall–Kier alpha value is -1.46. The van der Waals surface area contributed by atoms with Crippen LogP contribution in [0.5, 0.6) is 0 Å². The molecule has 0 saturated heterocycles. The molecule has 6 nitrogen and oxygen atoms in total. The zero-order valence-corrected chi connectivity index (χ0v) is 17.8. The second-order valence-electron chi connectivity index (χ2n) is 8.57. The second kappa shape index (κ2) is 11.5. The largest absolute Gasteiger partial charge is 0.550 e. The summed E-state index contributed by atoms with van der Waals surface area (Å²) < 4.78 is 11.2. The minimum Gasteiger partial charge on any atom is -0.425 e. The van der Waals surface area contributed by atoms with Crippen LogP contribution in [0.3, 0.4) is 0 Å². The van der Waals surface area contributed by atoms with Crippen LogP contribution >= 0.6 is 0 Å². The van der Waals surface area contributed by atoms with Crippen molar-refractivity contribution in [2.24, 2.45) is 0 Å². The Kier molecular flexibility index (Phi) is 9.39. The van der Waals surface area contributed by atoms with Crippen molar-refractivity contribution in [1.29, 1.82) is 0 Å². The molecule has 0 aromatic carbocycles. The normalized spacial score (nSPS) is 20.8. The first-order valence-electron chi connectivity index (χ1n) is 11.3. The molecule has 28 heavy (non-hydrogen) atoms. The van der Waals surface area contributed by atoms with Crippen molar-refractivity contribution in [3.63, 3.8) is 0 Å². The molecule has 2 aliphatic rings. The molecule has 0 bridgehead atoms. The average Bonchev–Trinajstić information content (AvgIpc) is 2.71. The number of ether oxygens (including phenoxy) is 2. The molecule has 162 valence electrons. The smallest absolute Gasteiger partial charge is 0.425 e. The molecule has 6 heteroatoms. The molecule has 0 heterocycles. The lowest BCUT2D eigenvalue weighted by atomic mass is 9.81. The third-order valence-corrected chi connectivity index (χ3v) is 6.28. The second-order valence-corrected chi connectivity index (χ2v) is 8.57. The molecule has 0 aliphatic heterocycles. The van der Waals surface area contributed by atoms with Crippen LogP contribution in [0.1, 0.15) is 117 Å². The molecule has 2 rings (SSSR count). The Morgan fingerprint density at radius 1 is 0.643 bits per heavy atom. The summed E-state index contributed by atoms with van der Waals surface area (Å²) >= 11 is 0. The Labute approximate surface area is 169 Å². The van der Waals surface area contributed by atoms with Gasteiger partial charge in [-0.1, -0.05) is 39.5 Å². The standard InChI is InChI=1S/C22H38O6/c1-3-5-13-21(15-9-7-10-16-21)25-19(23)27-28-20(24)26-22(14-6-4-2)17-11-8-12-18-22/h3-18H2,1-2H3. The van der Waals surface area contributed by atoms with Crippen molar-refractivity contribution in [3.8, 4) is 0 Å². The highest BCUT2D eigenvalue weighted by Crippen LogP contribution is 2.37. The van der Waals surface area contributed by atoms with Crippen molar-refractivity contribution in [3.05, 3.63) is 0 Å². The van der Waals surface area contributed by atoms with Crippen LogP contribution in [-0.4, -0.2) is 23.5 Å². The molecule has 0 amide bonds. The van der Waals surface area contributed by atoms with Gasteiger partial charge in [-0.05, 0) is 77.0 Å². The van der Waals surface area contributed by atoms with Gasteiger partial charge in [-0.2, -0.15) is 19.4 Å². The van der Waals surface area contributed by atoms with Gasteiger partial charge in [0.1, 0.15) is 11.2 Å². The summed E-state index contributed by atoms with van der Waals surface area (Å²) in [6.07, 6.45) is 13.7. The predicted octanol–water partition coefficient (Wildman–Crippen LogP) is 6.99. The lowest BCUT2D eigenvalue weighted by Crippen LogP contribution is -2.39. The number of rotatable bonds is 8. The van der Waals surface area contributed by atoms with Gasteiger partial charge in [0.05, 0.1) is 0 Å². The van der Waals surface area contributed by atoms with Crippen LogP contribution < -0.4 is 0 Å². The first kappa shape index (κ1) is 22.8. The maximum absolute atomic E-state index is 12.2. The lowest BCUT2D eigenvalue weighted by molar-refractivity contribution is -0.240. The average molecular weight is 399 g/mol. The zero-order valence-electron chi connectivity index (χ0n) is 17.8. The van der Waals surface area contributed by atoms with Crippen molar-refractivity contribution in [2.75, 3.05) is 0 Å². The van der Waals surface area contributed by atoms with E-state index >= 15 is 0 Å². The summed E-state index contributed by atoms with van der Waals surface area (Å²) in [5.41, 5.74) is -0.964. The van der Waals surface area contributed by atoms with E-state index in [9.17, 15) is 9.59 Å². The molecule has 0 unspecified atom stereocenters. The maximum Gasteiger partial charge on any atom is 0.550 e. The van der Waals surface area contributed by atoms with Crippen molar-refractivity contribution < 1.29 is 28.8 Å². The molecule has 2 aliphatic carbocycles. The third-order valence-electron chi connectivity index (χ3n) is 6.28. The molecule has 0 radical (unpaired) electrons. The van der Waals surface area contributed by atoms with Gasteiger partial charge in [0.25, 0.3) is 0 Å². The highest BCUT2D eigenvalue weighted by atomic mass is 17.3. The van der Waals surface area contributed by atoms with Gasteiger partial charge in [-0.3, -0.25) is 0 Å². The third kappa shape index (κ3) is 7.17. The minimum atomic E-state index is -0.943. The Morgan fingerprint density at radius 2 is 1.00 bits per heavy atom. The summed E-state index contributed by atoms with van der Waals surface area (Å²) in [6, 6.07) is 0. The summed E-state index contributed by atoms with van der Waals surface area (Å²) in [5.74, 6) is 0. The fraction of sp³-hybridized carbons (Fsp3) is 0.909. The summed E-state index contributed by atoms with van der Waals surface area (Å²) in [7, 11) is 0. The van der Waals surface area contributed by atoms with Gasteiger partial charge in [0.15, 0.2) is 0 Å². The number of unbranched alkanes of at least 4 members (excludes halogenated alkanes) is 2.